The maximum atomic E-state index is 5.43. The second-order valence-corrected chi connectivity index (χ2v) is 5.75. The summed E-state index contributed by atoms with van der Waals surface area (Å²) in [5.74, 6) is 1.07. The predicted octanol–water partition coefficient (Wildman–Crippen LogP) is 2.84. The fourth-order valence-corrected chi connectivity index (χ4v) is 3.50. The zero-order valence-corrected chi connectivity index (χ0v) is 10.7. The van der Waals surface area contributed by atoms with Crippen molar-refractivity contribution in [2.24, 2.45) is 4.99 Å². The van der Waals surface area contributed by atoms with Crippen LogP contribution in [0.25, 0.3) is 0 Å². The van der Waals surface area contributed by atoms with E-state index in [0.29, 0.717) is 0 Å². The highest BCUT2D eigenvalue weighted by molar-refractivity contribution is 8.23. The Morgan fingerprint density at radius 2 is 2.31 bits per heavy atom. The van der Waals surface area contributed by atoms with Crippen LogP contribution in [0.1, 0.15) is 17.5 Å². The molecule has 0 atom stereocenters. The number of thiocarbonyl (C=S) groups is 1. The van der Waals surface area contributed by atoms with Gasteiger partial charge in [-0.15, -0.1) is 0 Å². The maximum absolute atomic E-state index is 5.43. The van der Waals surface area contributed by atoms with E-state index < -0.39 is 0 Å². The van der Waals surface area contributed by atoms with Gasteiger partial charge in [-0.3, -0.25) is 4.99 Å². The number of thioether (sulfide) groups is 1. The molecular weight excluding hydrogens is 236 g/mol. The largest absolute Gasteiger partial charge is 0.311 e. The van der Waals surface area contributed by atoms with E-state index in [1.807, 2.05) is 0 Å². The summed E-state index contributed by atoms with van der Waals surface area (Å²) >= 11 is 7.12. The first-order valence-electron chi connectivity index (χ1n) is 5.40. The third-order valence-electron chi connectivity index (χ3n) is 2.85. The topological polar surface area (TPSA) is 15.6 Å². The number of fused-ring (bicyclic) bond motifs is 3. The lowest BCUT2D eigenvalue weighted by Crippen LogP contribution is -2.41. The minimum Gasteiger partial charge on any atom is -0.311 e. The highest BCUT2D eigenvalue weighted by Crippen LogP contribution is 2.34. The number of aliphatic imine (C=N–C) groups is 1. The number of rotatable bonds is 0. The number of hydrogen-bond donors (Lipinski definition) is 0. The van der Waals surface area contributed by atoms with E-state index in [9.17, 15) is 0 Å². The van der Waals surface area contributed by atoms with Crippen LogP contribution < -0.4 is 0 Å². The molecule has 82 valence electrons. The Kier molecular flexibility index (Phi) is 2.48. The third-order valence-corrected chi connectivity index (χ3v) is 4.28. The van der Waals surface area contributed by atoms with Gasteiger partial charge >= 0.3 is 0 Å². The van der Waals surface area contributed by atoms with Crippen molar-refractivity contribution in [2.75, 3.05) is 13.1 Å². The van der Waals surface area contributed by atoms with Gasteiger partial charge in [0, 0.05) is 23.5 Å². The zero-order chi connectivity index (χ0) is 11.1. The van der Waals surface area contributed by atoms with E-state index in [1.54, 1.807) is 11.8 Å². The van der Waals surface area contributed by atoms with E-state index in [2.05, 4.69) is 35.0 Å². The number of benzene rings is 1. The summed E-state index contributed by atoms with van der Waals surface area (Å²) < 4.78 is 0.941. The summed E-state index contributed by atoms with van der Waals surface area (Å²) in [5, 5.41) is 0. The maximum Gasteiger partial charge on any atom is 0.146 e. The molecule has 4 heteroatoms. The smallest absolute Gasteiger partial charge is 0.146 e. The van der Waals surface area contributed by atoms with Crippen molar-refractivity contribution in [3.05, 3.63) is 29.3 Å². The Hall–Kier alpha value is -0.870. The molecule has 3 rings (SSSR count). The lowest BCUT2D eigenvalue weighted by Gasteiger charge is -2.34. The molecule has 2 nitrogen and oxygen atoms in total. The highest BCUT2D eigenvalue weighted by Gasteiger charge is 2.28. The number of hydrogen-bond acceptors (Lipinski definition) is 3. The van der Waals surface area contributed by atoms with Crippen molar-refractivity contribution in [2.45, 2.75) is 18.2 Å². The number of amidine groups is 1. The minimum atomic E-state index is 0.923. The van der Waals surface area contributed by atoms with E-state index in [4.69, 9.17) is 12.2 Å². The molecule has 0 fully saturated rings. The molecule has 0 radical (unpaired) electrons. The first-order chi connectivity index (χ1) is 7.75. The van der Waals surface area contributed by atoms with Crippen LogP contribution in [0.3, 0.4) is 0 Å². The quantitative estimate of drug-likeness (QED) is 0.657. The summed E-state index contributed by atoms with van der Waals surface area (Å²) in [6.07, 6.45) is 1.10. The van der Waals surface area contributed by atoms with Gasteiger partial charge in [-0.25, -0.2) is 0 Å². The summed E-state index contributed by atoms with van der Waals surface area (Å²) in [4.78, 5) is 8.03. The average molecular weight is 248 g/mol. The van der Waals surface area contributed by atoms with Gasteiger partial charge in [-0.1, -0.05) is 30.0 Å². The minimum absolute atomic E-state index is 0.923. The van der Waals surface area contributed by atoms with Crippen LogP contribution in [0.4, 0.5) is 0 Å². The van der Waals surface area contributed by atoms with Gasteiger partial charge in [-0.2, -0.15) is 0 Å². The van der Waals surface area contributed by atoms with Gasteiger partial charge in [0.1, 0.15) is 10.2 Å². The van der Waals surface area contributed by atoms with Crippen molar-refractivity contribution in [1.29, 1.82) is 0 Å². The Labute approximate surface area is 105 Å². The van der Waals surface area contributed by atoms with E-state index in [0.717, 1.165) is 29.7 Å². The Morgan fingerprint density at radius 1 is 1.44 bits per heavy atom. The molecule has 2 aliphatic heterocycles. The van der Waals surface area contributed by atoms with Crippen molar-refractivity contribution in [1.82, 2.24) is 4.90 Å². The SMILES string of the molecule is Cc1ccc2c(c1)SC(=S)N1CCCN=C21. The molecule has 2 heterocycles. The standard InChI is InChI=1S/C12H12N2S2/c1-8-3-4-9-10(7-8)16-12(15)14-6-2-5-13-11(9)14/h3-4,7H,2,5-6H2,1H3. The molecule has 0 amide bonds. The lowest BCUT2D eigenvalue weighted by atomic mass is 10.1. The van der Waals surface area contributed by atoms with Gasteiger partial charge in [0.25, 0.3) is 0 Å². The normalized spacial score (nSPS) is 18.9. The molecule has 0 bridgehead atoms. The van der Waals surface area contributed by atoms with Gasteiger partial charge in [0.15, 0.2) is 0 Å². The molecule has 0 spiro atoms. The second-order valence-electron chi connectivity index (χ2n) is 4.08. The summed E-state index contributed by atoms with van der Waals surface area (Å²) in [6, 6.07) is 6.50. The molecule has 0 unspecified atom stereocenters. The van der Waals surface area contributed by atoms with Crippen LogP contribution in [0.15, 0.2) is 28.1 Å². The van der Waals surface area contributed by atoms with E-state index in [-0.39, 0.29) is 0 Å². The molecule has 0 saturated heterocycles. The van der Waals surface area contributed by atoms with E-state index >= 15 is 0 Å². The lowest BCUT2D eigenvalue weighted by molar-refractivity contribution is 0.560. The molecule has 0 N–H and O–H groups in total. The first kappa shape index (κ1) is 10.3. The van der Waals surface area contributed by atoms with Crippen molar-refractivity contribution < 1.29 is 0 Å². The average Bonchev–Trinajstić information content (AvgIpc) is 2.29. The first-order valence-corrected chi connectivity index (χ1v) is 6.63. The van der Waals surface area contributed by atoms with Crippen LogP contribution in [0.2, 0.25) is 0 Å². The van der Waals surface area contributed by atoms with Crippen molar-refractivity contribution in [3.8, 4) is 0 Å². The van der Waals surface area contributed by atoms with Gasteiger partial charge < -0.3 is 4.90 Å². The summed E-state index contributed by atoms with van der Waals surface area (Å²) in [6.45, 7) is 4.04. The molecule has 0 aromatic heterocycles. The van der Waals surface area contributed by atoms with Gasteiger partial charge in [-0.05, 0) is 31.0 Å². The van der Waals surface area contributed by atoms with Crippen LogP contribution in [-0.4, -0.2) is 28.1 Å². The van der Waals surface area contributed by atoms with Crippen LogP contribution >= 0.6 is 24.0 Å². The summed E-state index contributed by atoms with van der Waals surface area (Å²) in [5.41, 5.74) is 2.52. The van der Waals surface area contributed by atoms with Crippen molar-refractivity contribution >= 4 is 34.1 Å². The molecular formula is C12H12N2S2. The number of nitrogens with zero attached hydrogens (tertiary/aromatic N) is 2. The van der Waals surface area contributed by atoms with Crippen LogP contribution in [0.5, 0.6) is 0 Å². The molecule has 1 aromatic rings. The van der Waals surface area contributed by atoms with Crippen LogP contribution in [-0.2, 0) is 0 Å². The monoisotopic (exact) mass is 248 g/mol. The molecule has 1 aromatic carbocycles. The Morgan fingerprint density at radius 3 is 3.19 bits per heavy atom. The van der Waals surface area contributed by atoms with Gasteiger partial charge in [0.05, 0.1) is 0 Å². The Balaban J connectivity index is 2.16. The molecule has 0 saturated carbocycles. The molecule has 16 heavy (non-hydrogen) atoms. The van der Waals surface area contributed by atoms with E-state index in [1.165, 1.54) is 16.0 Å². The predicted molar refractivity (Wildman–Crippen MR) is 72.4 cm³/mol. The summed E-state index contributed by atoms with van der Waals surface area (Å²) in [7, 11) is 0. The highest BCUT2D eigenvalue weighted by atomic mass is 32.2. The Bertz CT molecular complexity index is 494. The second kappa shape index (κ2) is 3.86. The fourth-order valence-electron chi connectivity index (χ4n) is 2.06. The molecule has 0 aliphatic carbocycles. The molecule has 2 aliphatic rings. The van der Waals surface area contributed by atoms with Gasteiger partial charge in [0.2, 0.25) is 0 Å². The van der Waals surface area contributed by atoms with Crippen molar-refractivity contribution in [3.63, 3.8) is 0 Å². The fraction of sp³-hybridized carbons (Fsp3) is 0.333. The zero-order valence-electron chi connectivity index (χ0n) is 9.06. The van der Waals surface area contributed by atoms with Crippen LogP contribution in [0, 0.1) is 6.92 Å². The number of aryl methyl sites for hydroxylation is 1. The third kappa shape index (κ3) is 1.57.